The molecule has 1 saturated heterocycles. The fraction of sp³-hybridized carbons (Fsp3) is 0.500. The Hall–Kier alpha value is -1.80. The topological polar surface area (TPSA) is 70.0 Å². The van der Waals surface area contributed by atoms with Crippen LogP contribution in [0.25, 0.3) is 0 Å². The number of halogens is 7. The fourth-order valence-electron chi connectivity index (χ4n) is 2.04. The van der Waals surface area contributed by atoms with Crippen molar-refractivity contribution in [1.29, 1.82) is 0 Å². The SMILES string of the molecule is CC1(C)OB(c2cnc(C(F)(F)F)nc2)OC1(C)C.FC(F)(F)c1ncc(Br)cn1. The van der Waals surface area contributed by atoms with Crippen molar-refractivity contribution in [3.05, 3.63) is 40.9 Å². The van der Waals surface area contributed by atoms with Gasteiger partial charge in [0.05, 0.1) is 15.7 Å². The normalized spacial score (nSPS) is 18.0. The summed E-state index contributed by atoms with van der Waals surface area (Å²) >= 11 is 2.92. The van der Waals surface area contributed by atoms with Crippen LogP contribution in [0.4, 0.5) is 26.3 Å². The molecule has 0 spiro atoms. The van der Waals surface area contributed by atoms with Gasteiger partial charge in [-0.25, -0.2) is 19.9 Å². The first-order valence-electron chi connectivity index (χ1n) is 8.32. The number of nitrogens with zero attached hydrogens (tertiary/aromatic N) is 4. The minimum Gasteiger partial charge on any atom is -0.399 e. The second-order valence-corrected chi connectivity index (χ2v) is 8.06. The smallest absolute Gasteiger partial charge is 0.399 e. The molecule has 2 aromatic heterocycles. The summed E-state index contributed by atoms with van der Waals surface area (Å²) in [5, 5.41) is 0. The molecule has 0 amide bonds. The van der Waals surface area contributed by atoms with Crippen LogP contribution in [0.3, 0.4) is 0 Å². The molecule has 30 heavy (non-hydrogen) atoms. The van der Waals surface area contributed by atoms with E-state index in [4.69, 9.17) is 9.31 Å². The Kier molecular flexibility index (Phi) is 6.84. The maximum absolute atomic E-state index is 12.4. The number of hydrogen-bond acceptors (Lipinski definition) is 6. The minimum absolute atomic E-state index is 0.367. The number of rotatable bonds is 1. The molecule has 3 heterocycles. The molecule has 0 atom stereocenters. The maximum atomic E-state index is 12.4. The Morgan fingerprint density at radius 2 is 1.07 bits per heavy atom. The Labute approximate surface area is 176 Å². The van der Waals surface area contributed by atoms with Crippen LogP contribution in [0.5, 0.6) is 0 Å². The molecule has 0 aromatic carbocycles. The van der Waals surface area contributed by atoms with Crippen LogP contribution in [0.2, 0.25) is 0 Å². The Morgan fingerprint density at radius 3 is 1.40 bits per heavy atom. The van der Waals surface area contributed by atoms with Crippen molar-refractivity contribution in [2.75, 3.05) is 0 Å². The van der Waals surface area contributed by atoms with Crippen molar-refractivity contribution < 1.29 is 35.7 Å². The molecule has 1 aliphatic heterocycles. The van der Waals surface area contributed by atoms with E-state index in [1.165, 1.54) is 0 Å². The lowest BCUT2D eigenvalue weighted by atomic mass is 9.81. The van der Waals surface area contributed by atoms with E-state index in [9.17, 15) is 26.3 Å². The van der Waals surface area contributed by atoms with Crippen LogP contribution in [0.15, 0.2) is 29.3 Å². The summed E-state index contributed by atoms with van der Waals surface area (Å²) < 4.78 is 84.2. The van der Waals surface area contributed by atoms with Gasteiger partial charge < -0.3 is 9.31 Å². The molecule has 1 fully saturated rings. The molecule has 164 valence electrons. The van der Waals surface area contributed by atoms with Gasteiger partial charge in [-0.05, 0) is 43.6 Å². The van der Waals surface area contributed by atoms with Gasteiger partial charge in [0.25, 0.3) is 0 Å². The van der Waals surface area contributed by atoms with Crippen molar-refractivity contribution >= 4 is 28.5 Å². The molecule has 2 aromatic rings. The highest BCUT2D eigenvalue weighted by atomic mass is 79.9. The summed E-state index contributed by atoms with van der Waals surface area (Å²) in [4.78, 5) is 12.7. The molecule has 6 nitrogen and oxygen atoms in total. The van der Waals surface area contributed by atoms with Crippen molar-refractivity contribution in [2.24, 2.45) is 0 Å². The van der Waals surface area contributed by atoms with E-state index < -0.39 is 42.3 Å². The van der Waals surface area contributed by atoms with Gasteiger partial charge in [-0.15, -0.1) is 0 Å². The summed E-state index contributed by atoms with van der Waals surface area (Å²) in [6.07, 6.45) is -4.74. The van der Waals surface area contributed by atoms with Gasteiger partial charge in [-0.3, -0.25) is 0 Å². The third-order valence-electron chi connectivity index (χ3n) is 4.32. The average Bonchev–Trinajstić information content (AvgIpc) is 2.82. The van der Waals surface area contributed by atoms with E-state index in [0.29, 0.717) is 9.94 Å². The summed E-state index contributed by atoms with van der Waals surface area (Å²) in [5.41, 5.74) is -0.743. The molecule has 3 rings (SSSR count). The lowest BCUT2D eigenvalue weighted by molar-refractivity contribution is -0.145. The van der Waals surface area contributed by atoms with E-state index in [1.54, 1.807) is 0 Å². The standard InChI is InChI=1S/C11H14BF3N2O2.C5H2BrF3N2/c1-9(2)10(3,4)19-12(18-9)7-5-16-8(17-6-7)11(13,14)15;6-3-1-10-4(11-2-3)5(7,8)9/h5-6H,1-4H3;1-2H. The van der Waals surface area contributed by atoms with Crippen molar-refractivity contribution in [2.45, 2.75) is 51.2 Å². The average molecular weight is 501 g/mol. The first-order chi connectivity index (χ1) is 13.5. The quantitative estimate of drug-likeness (QED) is 0.434. The van der Waals surface area contributed by atoms with Gasteiger partial charge in [0.15, 0.2) is 0 Å². The lowest BCUT2D eigenvalue weighted by Gasteiger charge is -2.32. The third-order valence-corrected chi connectivity index (χ3v) is 4.73. The second-order valence-electron chi connectivity index (χ2n) is 7.15. The summed E-state index contributed by atoms with van der Waals surface area (Å²) in [6.45, 7) is 7.44. The van der Waals surface area contributed by atoms with Gasteiger partial charge in [-0.2, -0.15) is 26.3 Å². The van der Waals surface area contributed by atoms with Gasteiger partial charge in [-0.1, -0.05) is 0 Å². The molecule has 1 aliphatic rings. The number of aromatic nitrogens is 4. The van der Waals surface area contributed by atoms with Gasteiger partial charge in [0.1, 0.15) is 0 Å². The highest BCUT2D eigenvalue weighted by Crippen LogP contribution is 2.36. The van der Waals surface area contributed by atoms with Gasteiger partial charge in [0.2, 0.25) is 11.6 Å². The Bertz CT molecular complexity index is 844. The predicted octanol–water partition coefficient (Wildman–Crippen LogP) is 4.05. The largest absolute Gasteiger partial charge is 0.498 e. The fourth-order valence-corrected chi connectivity index (χ4v) is 2.25. The molecule has 14 heteroatoms. The van der Waals surface area contributed by atoms with Crippen LogP contribution >= 0.6 is 15.9 Å². The maximum Gasteiger partial charge on any atom is 0.498 e. The second kappa shape index (κ2) is 8.38. The number of hydrogen-bond donors (Lipinski definition) is 0. The highest BCUT2D eigenvalue weighted by Gasteiger charge is 2.52. The van der Waals surface area contributed by atoms with E-state index in [1.807, 2.05) is 27.7 Å². The molecule has 0 aliphatic carbocycles. The van der Waals surface area contributed by atoms with Crippen molar-refractivity contribution in [3.8, 4) is 0 Å². The van der Waals surface area contributed by atoms with Crippen LogP contribution in [-0.2, 0) is 21.7 Å². The van der Waals surface area contributed by atoms with E-state index >= 15 is 0 Å². The molecule has 0 unspecified atom stereocenters. The lowest BCUT2D eigenvalue weighted by Crippen LogP contribution is -2.41. The summed E-state index contributed by atoms with van der Waals surface area (Å²) in [5.74, 6) is -2.30. The molecule has 0 radical (unpaired) electrons. The van der Waals surface area contributed by atoms with E-state index in [0.717, 1.165) is 24.8 Å². The van der Waals surface area contributed by atoms with Crippen LogP contribution < -0.4 is 5.46 Å². The minimum atomic E-state index is -4.55. The van der Waals surface area contributed by atoms with Crippen LogP contribution in [-0.4, -0.2) is 38.3 Å². The monoisotopic (exact) mass is 500 g/mol. The zero-order chi connectivity index (χ0) is 23.0. The summed E-state index contributed by atoms with van der Waals surface area (Å²) in [7, 11) is -0.757. The first kappa shape index (κ1) is 24.5. The molecule has 0 saturated carbocycles. The van der Waals surface area contributed by atoms with Crippen LogP contribution in [0.1, 0.15) is 39.3 Å². The van der Waals surface area contributed by atoms with Crippen molar-refractivity contribution in [1.82, 2.24) is 19.9 Å². The van der Waals surface area contributed by atoms with Gasteiger partial charge >= 0.3 is 19.5 Å². The van der Waals surface area contributed by atoms with Crippen LogP contribution in [0, 0.1) is 0 Å². The van der Waals surface area contributed by atoms with E-state index in [-0.39, 0.29) is 0 Å². The zero-order valence-electron chi connectivity index (χ0n) is 16.1. The molecular formula is C16H16BBrF6N4O2. The van der Waals surface area contributed by atoms with E-state index in [2.05, 4.69) is 35.9 Å². The molecule has 0 bridgehead atoms. The zero-order valence-corrected chi connectivity index (χ0v) is 17.7. The number of alkyl halides is 6. The Morgan fingerprint density at radius 1 is 0.733 bits per heavy atom. The van der Waals surface area contributed by atoms with Gasteiger partial charge in [0, 0.05) is 30.3 Å². The Balaban J connectivity index is 0.000000248. The predicted molar refractivity (Wildman–Crippen MR) is 97.5 cm³/mol. The third kappa shape index (κ3) is 5.88. The summed E-state index contributed by atoms with van der Waals surface area (Å²) in [6, 6.07) is 0. The highest BCUT2D eigenvalue weighted by molar-refractivity contribution is 9.10. The van der Waals surface area contributed by atoms with Crippen molar-refractivity contribution in [3.63, 3.8) is 0 Å². The molecule has 0 N–H and O–H groups in total. The molecular weight excluding hydrogens is 485 g/mol. The first-order valence-corrected chi connectivity index (χ1v) is 9.12.